The number of rotatable bonds is 3. The van der Waals surface area contributed by atoms with Crippen molar-refractivity contribution in [2.45, 2.75) is 31.8 Å². The Hall–Kier alpha value is -1.26. The molecular weight excluding hydrogens is 238 g/mol. The summed E-state index contributed by atoms with van der Waals surface area (Å²) in [6.07, 6.45) is 2.44. The maximum Gasteiger partial charge on any atom is 0.122 e. The van der Waals surface area contributed by atoms with Crippen LogP contribution in [0.15, 0.2) is 18.2 Å². The number of aromatic hydroxyl groups is 1. The van der Waals surface area contributed by atoms with E-state index in [1.165, 1.54) is 19.4 Å². The molecule has 3 N–H and O–H groups in total. The Morgan fingerprint density at radius 1 is 1.47 bits per heavy atom. The van der Waals surface area contributed by atoms with Crippen molar-refractivity contribution < 1.29 is 5.11 Å². The smallest absolute Gasteiger partial charge is 0.122 e. The Morgan fingerprint density at radius 3 is 2.79 bits per heavy atom. The highest BCUT2D eigenvalue weighted by molar-refractivity contribution is 5.54. The van der Waals surface area contributed by atoms with Crippen molar-refractivity contribution in [3.05, 3.63) is 23.8 Å². The first-order chi connectivity index (χ1) is 8.99. The van der Waals surface area contributed by atoms with E-state index in [0.29, 0.717) is 11.8 Å². The van der Waals surface area contributed by atoms with Crippen LogP contribution in [0.5, 0.6) is 5.75 Å². The third-order valence-electron chi connectivity index (χ3n) is 4.06. The van der Waals surface area contributed by atoms with Crippen molar-refractivity contribution in [3.8, 4) is 5.75 Å². The van der Waals surface area contributed by atoms with Gasteiger partial charge in [0.15, 0.2) is 0 Å². The first-order valence-electron chi connectivity index (χ1n) is 6.99. The van der Waals surface area contributed by atoms with E-state index in [9.17, 15) is 5.11 Å². The van der Waals surface area contributed by atoms with E-state index >= 15 is 0 Å². The lowest BCUT2D eigenvalue weighted by molar-refractivity contribution is 0.248. The van der Waals surface area contributed by atoms with Crippen LogP contribution >= 0.6 is 0 Å². The average Bonchev–Trinajstić information content (AvgIpc) is 2.37. The third-order valence-corrected chi connectivity index (χ3v) is 4.06. The van der Waals surface area contributed by atoms with Gasteiger partial charge >= 0.3 is 0 Å². The van der Waals surface area contributed by atoms with Crippen molar-refractivity contribution in [2.75, 3.05) is 32.1 Å². The van der Waals surface area contributed by atoms with E-state index < -0.39 is 0 Å². The first kappa shape index (κ1) is 14.2. The summed E-state index contributed by atoms with van der Waals surface area (Å²) in [5.41, 5.74) is 7.68. The molecule has 0 amide bonds. The van der Waals surface area contributed by atoms with Crippen molar-refractivity contribution in [1.82, 2.24) is 4.90 Å². The monoisotopic (exact) mass is 263 g/mol. The molecular formula is C15H25N3O. The molecule has 19 heavy (non-hydrogen) atoms. The van der Waals surface area contributed by atoms with Gasteiger partial charge in [-0.2, -0.15) is 0 Å². The van der Waals surface area contributed by atoms with E-state index in [1.807, 2.05) is 25.1 Å². The molecule has 0 radical (unpaired) electrons. The van der Waals surface area contributed by atoms with Crippen LogP contribution < -0.4 is 10.6 Å². The van der Waals surface area contributed by atoms with E-state index in [2.05, 4.69) is 23.9 Å². The molecule has 1 aliphatic rings. The number of piperidine rings is 1. The number of likely N-dealkylation sites (tertiary alicyclic amines) is 1. The Balaban J connectivity index is 2.15. The van der Waals surface area contributed by atoms with Gasteiger partial charge in [0, 0.05) is 43.0 Å². The second-order valence-corrected chi connectivity index (χ2v) is 5.70. The summed E-state index contributed by atoms with van der Waals surface area (Å²) in [6, 6.07) is 6.18. The van der Waals surface area contributed by atoms with Gasteiger partial charge in [-0.15, -0.1) is 0 Å². The second-order valence-electron chi connectivity index (χ2n) is 5.70. The summed E-state index contributed by atoms with van der Waals surface area (Å²) in [5, 5.41) is 10.0. The van der Waals surface area contributed by atoms with Gasteiger partial charge in [-0.1, -0.05) is 6.07 Å². The minimum absolute atomic E-state index is 0.139. The zero-order valence-corrected chi connectivity index (χ0v) is 12.1. The highest BCUT2D eigenvalue weighted by Crippen LogP contribution is 2.29. The summed E-state index contributed by atoms with van der Waals surface area (Å²) in [5.74, 6) is 0.295. The Labute approximate surface area is 115 Å². The van der Waals surface area contributed by atoms with Gasteiger partial charge in [-0.3, -0.25) is 0 Å². The van der Waals surface area contributed by atoms with Crippen LogP contribution in [0, 0.1) is 0 Å². The lowest BCUT2D eigenvalue weighted by atomic mass is 10.0. The molecule has 0 aromatic heterocycles. The van der Waals surface area contributed by atoms with Crippen LogP contribution in [0.25, 0.3) is 0 Å². The number of nitrogens with zero attached hydrogens (tertiary/aromatic N) is 2. The standard InChI is InChI=1S/C15H25N3O/c1-11(16)14-7-6-12(9-15(14)19)18(3)13-5-4-8-17(2)10-13/h6-7,9,11,13,19H,4-5,8,10,16H2,1-3H3. The number of hydrogen-bond donors (Lipinski definition) is 2. The van der Waals surface area contributed by atoms with Gasteiger partial charge in [0.1, 0.15) is 5.75 Å². The van der Waals surface area contributed by atoms with Crippen LogP contribution in [-0.4, -0.2) is 43.2 Å². The number of hydrogen-bond acceptors (Lipinski definition) is 4. The van der Waals surface area contributed by atoms with Crippen LogP contribution in [-0.2, 0) is 0 Å². The van der Waals surface area contributed by atoms with Gasteiger partial charge in [-0.25, -0.2) is 0 Å². The molecule has 0 saturated carbocycles. The van der Waals surface area contributed by atoms with Gasteiger partial charge in [-0.05, 0) is 39.4 Å². The Kier molecular flexibility index (Phi) is 4.32. The molecule has 1 heterocycles. The molecule has 1 aromatic carbocycles. The van der Waals surface area contributed by atoms with E-state index in [-0.39, 0.29) is 6.04 Å². The van der Waals surface area contributed by atoms with Crippen LogP contribution in [0.1, 0.15) is 31.4 Å². The summed E-state index contributed by atoms with van der Waals surface area (Å²) in [7, 11) is 4.26. The number of likely N-dealkylation sites (N-methyl/N-ethyl adjacent to an activating group) is 2. The van der Waals surface area contributed by atoms with Crippen molar-refractivity contribution in [2.24, 2.45) is 5.73 Å². The fraction of sp³-hybridized carbons (Fsp3) is 0.600. The number of phenols is 1. The molecule has 2 unspecified atom stereocenters. The maximum absolute atomic E-state index is 10.0. The average molecular weight is 263 g/mol. The zero-order valence-electron chi connectivity index (χ0n) is 12.1. The summed E-state index contributed by atoms with van der Waals surface area (Å²) in [4.78, 5) is 4.63. The summed E-state index contributed by atoms with van der Waals surface area (Å²) >= 11 is 0. The van der Waals surface area contributed by atoms with Crippen LogP contribution in [0.3, 0.4) is 0 Å². The molecule has 1 aliphatic heterocycles. The topological polar surface area (TPSA) is 52.7 Å². The Bertz CT molecular complexity index is 433. The molecule has 1 aromatic rings. The largest absolute Gasteiger partial charge is 0.508 e. The number of nitrogens with two attached hydrogens (primary N) is 1. The normalized spacial score (nSPS) is 22.2. The van der Waals surface area contributed by atoms with Crippen LogP contribution in [0.4, 0.5) is 5.69 Å². The number of benzene rings is 1. The molecule has 0 bridgehead atoms. The quantitative estimate of drug-likeness (QED) is 0.875. The molecule has 0 aliphatic carbocycles. The van der Waals surface area contributed by atoms with E-state index in [1.54, 1.807) is 0 Å². The van der Waals surface area contributed by atoms with E-state index in [0.717, 1.165) is 17.8 Å². The minimum atomic E-state index is -0.139. The van der Waals surface area contributed by atoms with Crippen molar-refractivity contribution in [3.63, 3.8) is 0 Å². The predicted octanol–water partition coefficient (Wildman–Crippen LogP) is 1.94. The van der Waals surface area contributed by atoms with E-state index in [4.69, 9.17) is 5.73 Å². The number of phenolic OH excluding ortho intramolecular Hbond substituents is 1. The predicted molar refractivity (Wildman–Crippen MR) is 79.6 cm³/mol. The van der Waals surface area contributed by atoms with Crippen molar-refractivity contribution >= 4 is 5.69 Å². The molecule has 2 atom stereocenters. The molecule has 4 nitrogen and oxygen atoms in total. The van der Waals surface area contributed by atoms with Crippen molar-refractivity contribution in [1.29, 1.82) is 0 Å². The molecule has 4 heteroatoms. The minimum Gasteiger partial charge on any atom is -0.508 e. The SMILES string of the molecule is CC(N)c1ccc(N(C)C2CCCN(C)C2)cc1O. The fourth-order valence-corrected chi connectivity index (χ4v) is 2.80. The highest BCUT2D eigenvalue weighted by Gasteiger charge is 2.22. The molecule has 0 spiro atoms. The first-order valence-corrected chi connectivity index (χ1v) is 6.99. The van der Waals surface area contributed by atoms with Gasteiger partial charge in [0.2, 0.25) is 0 Å². The van der Waals surface area contributed by atoms with Gasteiger partial charge in [0.05, 0.1) is 0 Å². The summed E-state index contributed by atoms with van der Waals surface area (Å²) < 4.78 is 0. The third kappa shape index (κ3) is 3.19. The molecule has 106 valence electrons. The fourth-order valence-electron chi connectivity index (χ4n) is 2.80. The lowest BCUT2D eigenvalue weighted by Crippen LogP contribution is -2.45. The lowest BCUT2D eigenvalue weighted by Gasteiger charge is -2.37. The second kappa shape index (κ2) is 5.80. The summed E-state index contributed by atoms with van der Waals surface area (Å²) in [6.45, 7) is 4.14. The molecule has 1 saturated heterocycles. The van der Waals surface area contributed by atoms with Gasteiger partial charge in [0.25, 0.3) is 0 Å². The zero-order chi connectivity index (χ0) is 14.0. The van der Waals surface area contributed by atoms with Crippen LogP contribution in [0.2, 0.25) is 0 Å². The maximum atomic E-state index is 10.0. The molecule has 2 rings (SSSR count). The Morgan fingerprint density at radius 2 is 2.21 bits per heavy atom. The highest BCUT2D eigenvalue weighted by atomic mass is 16.3. The molecule has 1 fully saturated rings. The van der Waals surface area contributed by atoms with Gasteiger partial charge < -0.3 is 20.6 Å². The number of anilines is 1.